The van der Waals surface area contributed by atoms with Crippen molar-refractivity contribution < 1.29 is 13.6 Å². The van der Waals surface area contributed by atoms with Gasteiger partial charge in [0.15, 0.2) is 5.76 Å². The van der Waals surface area contributed by atoms with Gasteiger partial charge in [-0.05, 0) is 49.4 Å². The number of carbonyl (C=O) groups excluding carboxylic acids is 1. The van der Waals surface area contributed by atoms with Gasteiger partial charge in [-0.25, -0.2) is 9.07 Å². The fourth-order valence-electron chi connectivity index (χ4n) is 3.02. The summed E-state index contributed by atoms with van der Waals surface area (Å²) in [6, 6.07) is 20.6. The maximum Gasteiger partial charge on any atom is 0.266 e. The number of hydrogen-bond acceptors (Lipinski definition) is 4. The first kappa shape index (κ1) is 19.9. The number of hydrogen-bond donors (Lipinski definition) is 1. The number of halogens is 1. The zero-order chi connectivity index (χ0) is 21.8. The standard InChI is InChI=1S/C24H17FN4O2/c1-16-11-12-22(31-16)23-18(15-29(28-23)19-7-3-2-4-8-19)13-17(14-26)24(30)27-21-10-6-5-9-20(21)25/h2-13,15H,1H3,(H,27,30)/b17-13-. The second kappa shape index (κ2) is 8.51. The number of nitriles is 1. The van der Waals surface area contributed by atoms with Crippen LogP contribution in [0.4, 0.5) is 10.1 Å². The van der Waals surface area contributed by atoms with Crippen molar-refractivity contribution in [2.75, 3.05) is 5.32 Å². The zero-order valence-corrected chi connectivity index (χ0v) is 16.5. The van der Waals surface area contributed by atoms with Crippen LogP contribution in [0.2, 0.25) is 0 Å². The van der Waals surface area contributed by atoms with Crippen molar-refractivity contribution >= 4 is 17.7 Å². The highest BCUT2D eigenvalue weighted by molar-refractivity contribution is 6.10. The third kappa shape index (κ3) is 4.28. The third-order valence-electron chi connectivity index (χ3n) is 4.52. The molecule has 31 heavy (non-hydrogen) atoms. The molecule has 0 aliphatic rings. The van der Waals surface area contributed by atoms with E-state index in [4.69, 9.17) is 4.42 Å². The van der Waals surface area contributed by atoms with E-state index in [0.717, 1.165) is 5.69 Å². The second-order valence-corrected chi connectivity index (χ2v) is 6.73. The van der Waals surface area contributed by atoms with Crippen LogP contribution in [0.3, 0.4) is 0 Å². The van der Waals surface area contributed by atoms with E-state index in [9.17, 15) is 14.4 Å². The molecule has 1 amide bonds. The Morgan fingerprint density at radius 1 is 1.13 bits per heavy atom. The maximum atomic E-state index is 13.9. The Morgan fingerprint density at radius 3 is 2.55 bits per heavy atom. The zero-order valence-electron chi connectivity index (χ0n) is 16.5. The van der Waals surface area contributed by atoms with Gasteiger partial charge in [-0.2, -0.15) is 10.4 Å². The van der Waals surface area contributed by atoms with Crippen LogP contribution in [0.1, 0.15) is 11.3 Å². The summed E-state index contributed by atoms with van der Waals surface area (Å²) >= 11 is 0. The van der Waals surface area contributed by atoms with E-state index >= 15 is 0 Å². The lowest BCUT2D eigenvalue weighted by Crippen LogP contribution is -2.14. The van der Waals surface area contributed by atoms with Crippen LogP contribution in [0.25, 0.3) is 23.2 Å². The van der Waals surface area contributed by atoms with Gasteiger partial charge >= 0.3 is 0 Å². The van der Waals surface area contributed by atoms with E-state index in [1.807, 2.05) is 43.3 Å². The molecule has 0 fully saturated rings. The average Bonchev–Trinajstić information content (AvgIpc) is 3.40. The summed E-state index contributed by atoms with van der Waals surface area (Å²) in [7, 11) is 0. The van der Waals surface area contributed by atoms with Gasteiger partial charge in [-0.1, -0.05) is 30.3 Å². The van der Waals surface area contributed by atoms with Crippen molar-refractivity contribution in [3.8, 4) is 23.2 Å². The van der Waals surface area contributed by atoms with Crippen molar-refractivity contribution in [1.82, 2.24) is 9.78 Å². The highest BCUT2D eigenvalue weighted by Crippen LogP contribution is 2.27. The van der Waals surface area contributed by atoms with E-state index in [1.54, 1.807) is 29.1 Å². The van der Waals surface area contributed by atoms with Gasteiger partial charge in [0.1, 0.15) is 28.9 Å². The molecule has 0 aliphatic heterocycles. The smallest absolute Gasteiger partial charge is 0.266 e. The predicted molar refractivity (Wildman–Crippen MR) is 115 cm³/mol. The fraction of sp³-hybridized carbons (Fsp3) is 0.0417. The van der Waals surface area contributed by atoms with Crippen molar-refractivity contribution in [2.24, 2.45) is 0 Å². The van der Waals surface area contributed by atoms with Crippen molar-refractivity contribution in [2.45, 2.75) is 6.92 Å². The molecule has 7 heteroatoms. The topological polar surface area (TPSA) is 83.8 Å². The highest BCUT2D eigenvalue weighted by atomic mass is 19.1. The van der Waals surface area contributed by atoms with E-state index in [-0.39, 0.29) is 11.3 Å². The number of nitrogens with zero attached hydrogens (tertiary/aromatic N) is 3. The predicted octanol–water partition coefficient (Wildman–Crippen LogP) is 5.13. The number of benzene rings is 2. The molecular weight excluding hydrogens is 395 g/mol. The Hall–Kier alpha value is -4.44. The Kier molecular flexibility index (Phi) is 5.45. The number of furan rings is 1. The summed E-state index contributed by atoms with van der Waals surface area (Å²) in [5.74, 6) is -0.0966. The molecule has 4 rings (SSSR count). The lowest BCUT2D eigenvalue weighted by Gasteiger charge is -2.05. The van der Waals surface area contributed by atoms with E-state index < -0.39 is 11.7 Å². The van der Waals surface area contributed by atoms with Gasteiger partial charge in [0, 0.05) is 11.8 Å². The van der Waals surface area contributed by atoms with Crippen LogP contribution >= 0.6 is 0 Å². The summed E-state index contributed by atoms with van der Waals surface area (Å²) in [5.41, 5.74) is 1.60. The second-order valence-electron chi connectivity index (χ2n) is 6.73. The third-order valence-corrected chi connectivity index (χ3v) is 4.52. The maximum absolute atomic E-state index is 13.9. The van der Waals surface area contributed by atoms with E-state index in [1.165, 1.54) is 24.3 Å². The van der Waals surface area contributed by atoms with E-state index in [2.05, 4.69) is 10.4 Å². The molecule has 2 heterocycles. The van der Waals surface area contributed by atoms with Gasteiger partial charge in [-0.3, -0.25) is 4.79 Å². The van der Waals surface area contributed by atoms with Crippen LogP contribution in [0.5, 0.6) is 0 Å². The number of rotatable bonds is 5. The first-order chi connectivity index (χ1) is 15.0. The SMILES string of the molecule is Cc1ccc(-c2nn(-c3ccccc3)cc2/C=C(/C#N)C(=O)Nc2ccccc2F)o1. The summed E-state index contributed by atoms with van der Waals surface area (Å²) in [5, 5.41) is 16.6. The summed E-state index contributed by atoms with van der Waals surface area (Å²) in [6.07, 6.45) is 3.12. The molecule has 0 radical (unpaired) electrons. The fourth-order valence-corrected chi connectivity index (χ4v) is 3.02. The molecular formula is C24H17FN4O2. The minimum atomic E-state index is -0.721. The molecule has 0 bridgehead atoms. The van der Waals surface area contributed by atoms with Gasteiger partial charge in [0.2, 0.25) is 0 Å². The molecule has 1 N–H and O–H groups in total. The number of carbonyl (C=O) groups is 1. The van der Waals surface area contributed by atoms with Gasteiger partial charge in [0.25, 0.3) is 5.91 Å². The molecule has 4 aromatic rings. The molecule has 0 saturated heterocycles. The molecule has 0 aliphatic carbocycles. The molecule has 0 saturated carbocycles. The summed E-state index contributed by atoms with van der Waals surface area (Å²) in [6.45, 7) is 1.82. The Bertz CT molecular complexity index is 1310. The quantitative estimate of drug-likeness (QED) is 0.364. The van der Waals surface area contributed by atoms with Crippen molar-refractivity contribution in [1.29, 1.82) is 5.26 Å². The molecule has 6 nitrogen and oxygen atoms in total. The molecule has 0 spiro atoms. The summed E-state index contributed by atoms with van der Waals surface area (Å²) < 4.78 is 21.2. The van der Waals surface area contributed by atoms with Gasteiger partial charge in [0.05, 0.1) is 11.4 Å². The van der Waals surface area contributed by atoms with Crippen molar-refractivity contribution in [3.05, 3.63) is 95.6 Å². The van der Waals surface area contributed by atoms with Crippen LogP contribution < -0.4 is 5.32 Å². The van der Waals surface area contributed by atoms with Crippen LogP contribution in [0, 0.1) is 24.1 Å². The van der Waals surface area contributed by atoms with Gasteiger partial charge < -0.3 is 9.73 Å². The summed E-state index contributed by atoms with van der Waals surface area (Å²) in [4.78, 5) is 12.6. The van der Waals surface area contributed by atoms with E-state index in [0.29, 0.717) is 22.8 Å². The number of aryl methyl sites for hydroxylation is 1. The Morgan fingerprint density at radius 2 is 1.87 bits per heavy atom. The van der Waals surface area contributed by atoms with Crippen molar-refractivity contribution in [3.63, 3.8) is 0 Å². The molecule has 0 atom stereocenters. The molecule has 2 aromatic carbocycles. The Labute approximate surface area is 177 Å². The number of anilines is 1. The normalized spacial score (nSPS) is 11.2. The lowest BCUT2D eigenvalue weighted by molar-refractivity contribution is -0.112. The minimum absolute atomic E-state index is 0.00415. The highest BCUT2D eigenvalue weighted by Gasteiger charge is 2.18. The number of aromatic nitrogens is 2. The average molecular weight is 412 g/mol. The number of nitrogens with one attached hydrogen (secondary N) is 1. The van der Waals surface area contributed by atoms with Crippen LogP contribution in [0.15, 0.2) is 82.9 Å². The molecule has 0 unspecified atom stereocenters. The first-order valence-electron chi connectivity index (χ1n) is 9.45. The van der Waals surface area contributed by atoms with Crippen LogP contribution in [-0.2, 0) is 4.79 Å². The monoisotopic (exact) mass is 412 g/mol. The van der Waals surface area contributed by atoms with Gasteiger partial charge in [-0.15, -0.1) is 0 Å². The number of amides is 1. The largest absolute Gasteiger partial charge is 0.460 e. The lowest BCUT2D eigenvalue weighted by atomic mass is 10.1. The number of para-hydroxylation sites is 2. The Balaban J connectivity index is 1.75. The molecule has 152 valence electrons. The van der Waals surface area contributed by atoms with Crippen LogP contribution in [-0.4, -0.2) is 15.7 Å². The molecule has 2 aromatic heterocycles. The minimum Gasteiger partial charge on any atom is -0.460 e. The first-order valence-corrected chi connectivity index (χ1v) is 9.45.